The second-order valence-corrected chi connectivity index (χ2v) is 4.88. The lowest BCUT2D eigenvalue weighted by Crippen LogP contribution is -2.23. The van der Waals surface area contributed by atoms with Crippen LogP contribution in [0.1, 0.15) is 30.6 Å². The molecule has 110 valence electrons. The summed E-state index contributed by atoms with van der Waals surface area (Å²) in [6.07, 6.45) is 6.09. The van der Waals surface area contributed by atoms with Crippen molar-refractivity contribution < 1.29 is 9.47 Å². The number of ether oxygens (including phenoxy) is 2. The number of fused-ring (bicyclic) bond motifs is 1. The Labute approximate surface area is 124 Å². The molecule has 0 bridgehead atoms. The summed E-state index contributed by atoms with van der Waals surface area (Å²) < 4.78 is 11.4. The quantitative estimate of drug-likeness (QED) is 0.934. The van der Waals surface area contributed by atoms with E-state index >= 15 is 0 Å². The monoisotopic (exact) mass is 285 g/mol. The first-order valence-corrected chi connectivity index (χ1v) is 7.27. The Morgan fingerprint density at radius 1 is 1.19 bits per heavy atom. The maximum Gasteiger partial charge on any atom is 0.161 e. The lowest BCUT2D eigenvalue weighted by molar-refractivity contribution is 0.297. The van der Waals surface area contributed by atoms with Gasteiger partial charge in [-0.05, 0) is 24.2 Å². The summed E-state index contributed by atoms with van der Waals surface area (Å²) in [4.78, 5) is 8.56. The van der Waals surface area contributed by atoms with E-state index in [9.17, 15) is 0 Å². The molecule has 0 saturated heterocycles. The molecule has 1 atom stereocenters. The number of rotatable bonds is 4. The molecule has 5 heteroatoms. The first kappa shape index (κ1) is 13.8. The van der Waals surface area contributed by atoms with Gasteiger partial charge in [-0.15, -0.1) is 0 Å². The Morgan fingerprint density at radius 2 is 2.05 bits per heavy atom. The molecule has 2 aromatic rings. The van der Waals surface area contributed by atoms with Crippen LogP contribution in [0.3, 0.4) is 0 Å². The lowest BCUT2D eigenvalue weighted by atomic mass is 10.0. The molecule has 2 heterocycles. The highest BCUT2D eigenvalue weighted by Crippen LogP contribution is 2.33. The van der Waals surface area contributed by atoms with Crippen molar-refractivity contribution in [2.24, 2.45) is 0 Å². The average molecular weight is 285 g/mol. The standard InChI is InChI=1S/C16H19N3O2/c1-2-18-16(13-11-17-6-7-19-13)12-4-5-14-15(10-12)21-9-3-8-20-14/h4-7,10-11,16,18H,2-3,8-9H2,1H3. The van der Waals surface area contributed by atoms with Crippen LogP contribution < -0.4 is 14.8 Å². The molecule has 1 aromatic carbocycles. The maximum absolute atomic E-state index is 5.76. The minimum atomic E-state index is 0.000790. The summed E-state index contributed by atoms with van der Waals surface area (Å²) in [6, 6.07) is 6.05. The van der Waals surface area contributed by atoms with Gasteiger partial charge in [-0.3, -0.25) is 9.97 Å². The molecule has 0 saturated carbocycles. The van der Waals surface area contributed by atoms with E-state index in [2.05, 4.69) is 28.3 Å². The molecular weight excluding hydrogens is 266 g/mol. The predicted octanol–water partition coefficient (Wildman–Crippen LogP) is 2.34. The van der Waals surface area contributed by atoms with Crippen LogP contribution in [0.2, 0.25) is 0 Å². The largest absolute Gasteiger partial charge is 0.490 e. The number of hydrogen-bond acceptors (Lipinski definition) is 5. The molecule has 1 aromatic heterocycles. The van der Waals surface area contributed by atoms with Gasteiger partial charge in [0.2, 0.25) is 0 Å². The summed E-state index contributed by atoms with van der Waals surface area (Å²) in [5.41, 5.74) is 2.00. The van der Waals surface area contributed by atoms with Crippen molar-refractivity contribution in [1.82, 2.24) is 15.3 Å². The smallest absolute Gasteiger partial charge is 0.161 e. The van der Waals surface area contributed by atoms with Crippen molar-refractivity contribution in [3.63, 3.8) is 0 Å². The highest BCUT2D eigenvalue weighted by atomic mass is 16.5. The Bertz CT molecular complexity index is 589. The summed E-state index contributed by atoms with van der Waals surface area (Å²) in [7, 11) is 0. The van der Waals surface area contributed by atoms with E-state index in [0.717, 1.165) is 35.7 Å². The van der Waals surface area contributed by atoms with Crippen molar-refractivity contribution in [2.75, 3.05) is 19.8 Å². The lowest BCUT2D eigenvalue weighted by Gasteiger charge is -2.19. The van der Waals surface area contributed by atoms with Gasteiger partial charge >= 0.3 is 0 Å². The van der Waals surface area contributed by atoms with Crippen LogP contribution in [-0.2, 0) is 0 Å². The van der Waals surface area contributed by atoms with Crippen molar-refractivity contribution in [1.29, 1.82) is 0 Å². The number of benzene rings is 1. The van der Waals surface area contributed by atoms with Gasteiger partial charge in [0.25, 0.3) is 0 Å². The van der Waals surface area contributed by atoms with Gasteiger partial charge in [0.1, 0.15) is 0 Å². The normalized spacial score (nSPS) is 15.3. The Morgan fingerprint density at radius 3 is 2.81 bits per heavy atom. The molecule has 3 rings (SSSR count). The Kier molecular flexibility index (Phi) is 4.31. The average Bonchev–Trinajstić information content (AvgIpc) is 2.78. The van der Waals surface area contributed by atoms with Gasteiger partial charge in [0.05, 0.1) is 31.1 Å². The molecule has 5 nitrogen and oxygen atoms in total. The first-order valence-electron chi connectivity index (χ1n) is 7.27. The summed E-state index contributed by atoms with van der Waals surface area (Å²) >= 11 is 0. The molecule has 1 aliphatic heterocycles. The van der Waals surface area contributed by atoms with Gasteiger partial charge in [-0.1, -0.05) is 13.0 Å². The number of nitrogens with one attached hydrogen (secondary N) is 1. The molecule has 0 spiro atoms. The second-order valence-electron chi connectivity index (χ2n) is 4.88. The third-order valence-electron chi connectivity index (χ3n) is 3.39. The van der Waals surface area contributed by atoms with Crippen LogP contribution in [0.15, 0.2) is 36.8 Å². The molecule has 21 heavy (non-hydrogen) atoms. The Hall–Kier alpha value is -2.14. The fourth-order valence-corrected chi connectivity index (χ4v) is 2.42. The topological polar surface area (TPSA) is 56.3 Å². The molecule has 1 aliphatic rings. The van der Waals surface area contributed by atoms with Gasteiger partial charge in [0.15, 0.2) is 11.5 Å². The van der Waals surface area contributed by atoms with Crippen LogP contribution in [0.4, 0.5) is 0 Å². The predicted molar refractivity (Wildman–Crippen MR) is 79.6 cm³/mol. The molecule has 1 N–H and O–H groups in total. The third kappa shape index (κ3) is 3.13. The fraction of sp³-hybridized carbons (Fsp3) is 0.375. The van der Waals surface area contributed by atoms with Crippen molar-refractivity contribution in [3.05, 3.63) is 48.0 Å². The molecule has 1 unspecified atom stereocenters. The highest BCUT2D eigenvalue weighted by molar-refractivity contribution is 5.45. The van der Waals surface area contributed by atoms with E-state index in [1.165, 1.54) is 0 Å². The minimum Gasteiger partial charge on any atom is -0.490 e. The first-order chi connectivity index (χ1) is 10.4. The zero-order valence-electron chi connectivity index (χ0n) is 12.1. The maximum atomic E-state index is 5.76. The van der Waals surface area contributed by atoms with E-state index in [0.29, 0.717) is 13.2 Å². The third-order valence-corrected chi connectivity index (χ3v) is 3.39. The van der Waals surface area contributed by atoms with Crippen molar-refractivity contribution >= 4 is 0 Å². The summed E-state index contributed by atoms with van der Waals surface area (Å²) in [5, 5.41) is 3.44. The van der Waals surface area contributed by atoms with Gasteiger partial charge < -0.3 is 14.8 Å². The number of hydrogen-bond donors (Lipinski definition) is 1. The van der Waals surface area contributed by atoms with Crippen LogP contribution in [0.5, 0.6) is 11.5 Å². The summed E-state index contributed by atoms with van der Waals surface area (Å²) in [6.45, 7) is 4.31. The molecule has 0 amide bonds. The second kappa shape index (κ2) is 6.54. The fourth-order valence-electron chi connectivity index (χ4n) is 2.42. The van der Waals surface area contributed by atoms with Gasteiger partial charge in [-0.25, -0.2) is 0 Å². The molecule has 0 radical (unpaired) electrons. The van der Waals surface area contributed by atoms with E-state index < -0.39 is 0 Å². The molecule has 0 aliphatic carbocycles. The Balaban J connectivity index is 1.94. The van der Waals surface area contributed by atoms with E-state index in [-0.39, 0.29) is 6.04 Å². The van der Waals surface area contributed by atoms with Gasteiger partial charge in [-0.2, -0.15) is 0 Å². The zero-order valence-corrected chi connectivity index (χ0v) is 12.1. The summed E-state index contributed by atoms with van der Waals surface area (Å²) in [5.74, 6) is 1.61. The van der Waals surface area contributed by atoms with Crippen molar-refractivity contribution in [2.45, 2.75) is 19.4 Å². The number of aromatic nitrogens is 2. The van der Waals surface area contributed by atoms with Crippen LogP contribution in [-0.4, -0.2) is 29.7 Å². The highest BCUT2D eigenvalue weighted by Gasteiger charge is 2.18. The SMILES string of the molecule is CCNC(c1ccc2c(c1)OCCCO2)c1cnccn1. The van der Waals surface area contributed by atoms with Crippen LogP contribution >= 0.6 is 0 Å². The zero-order chi connectivity index (χ0) is 14.5. The van der Waals surface area contributed by atoms with Crippen LogP contribution in [0, 0.1) is 0 Å². The van der Waals surface area contributed by atoms with E-state index in [4.69, 9.17) is 9.47 Å². The van der Waals surface area contributed by atoms with E-state index in [1.807, 2.05) is 12.1 Å². The van der Waals surface area contributed by atoms with Crippen LogP contribution in [0.25, 0.3) is 0 Å². The number of nitrogens with zero attached hydrogens (tertiary/aromatic N) is 2. The van der Waals surface area contributed by atoms with Crippen molar-refractivity contribution in [3.8, 4) is 11.5 Å². The minimum absolute atomic E-state index is 0.000790. The molecule has 0 fully saturated rings. The van der Waals surface area contributed by atoms with E-state index in [1.54, 1.807) is 18.6 Å². The van der Waals surface area contributed by atoms with Gasteiger partial charge in [0, 0.05) is 18.8 Å². The molecular formula is C16H19N3O2.